The molecule has 0 radical (unpaired) electrons. The second-order valence-electron chi connectivity index (χ2n) is 10.8. The Bertz CT molecular complexity index is 1740. The molecule has 1 heterocycles. The number of phenols is 1. The van der Waals surface area contributed by atoms with Crippen molar-refractivity contribution < 1.29 is 47.1 Å². The van der Waals surface area contributed by atoms with Crippen LogP contribution in [0.1, 0.15) is 31.2 Å². The Kier molecular flexibility index (Phi) is 6.36. The Labute approximate surface area is 240 Å². The van der Waals surface area contributed by atoms with Crippen LogP contribution in [0.5, 0.6) is 11.5 Å². The van der Waals surface area contributed by atoms with Crippen molar-refractivity contribution in [3.05, 3.63) is 92.6 Å². The fraction of sp³-hybridized carbons (Fsp3) is 0.267. The summed E-state index contributed by atoms with van der Waals surface area (Å²) in [7, 11) is 0. The molecular weight excluding hydrogens is 573 g/mol. The first-order chi connectivity index (χ1) is 20.3. The molecule has 10 nitrogen and oxygen atoms in total. The number of anilines is 1. The largest absolute Gasteiger partial charge is 0.573 e. The van der Waals surface area contributed by atoms with Crippen molar-refractivity contribution in [1.29, 1.82) is 0 Å². The Morgan fingerprint density at radius 2 is 1.72 bits per heavy atom. The predicted octanol–water partition coefficient (Wildman–Crippen LogP) is 4.83. The number of carbonyl (C=O) groups is 4. The third-order valence-corrected chi connectivity index (χ3v) is 8.43. The summed E-state index contributed by atoms with van der Waals surface area (Å²) in [5.41, 5.74) is 0.346. The third-order valence-electron chi connectivity index (χ3n) is 8.43. The molecule has 2 amide bonds. The summed E-state index contributed by atoms with van der Waals surface area (Å²) in [5.74, 6) is -7.14. The lowest BCUT2D eigenvalue weighted by molar-refractivity contribution is -0.384. The number of halogens is 3. The lowest BCUT2D eigenvalue weighted by Crippen LogP contribution is -2.39. The summed E-state index contributed by atoms with van der Waals surface area (Å²) in [6.45, 7) is 1.43. The number of hydrogen-bond acceptors (Lipinski definition) is 8. The maximum absolute atomic E-state index is 13.9. The fourth-order valence-corrected chi connectivity index (χ4v) is 6.66. The number of nitro groups is 1. The first kappa shape index (κ1) is 28.1. The number of non-ortho nitro benzene ring substituents is 1. The number of aromatic hydroxyl groups is 1. The molecule has 2 aromatic rings. The number of Topliss-reactive ketones (excluding diaryl/α,β-unsaturated/α-hetero) is 1. The number of benzene rings is 2. The maximum atomic E-state index is 13.9. The Morgan fingerprint density at radius 3 is 2.37 bits per heavy atom. The van der Waals surface area contributed by atoms with E-state index in [1.54, 1.807) is 6.08 Å². The number of ketones is 2. The SMILES string of the molecule is CC1=CC(=O)C2=C(C1=O)[C@@H](c1cc(OC(F)(F)F)ccc1O)C1=CC[C@@H]3C(=O)N(c4ccc([N+](=O)[O-])cc4)C(=O)[C@@H]3[C@@H]1C2. The van der Waals surface area contributed by atoms with Gasteiger partial charge in [0.1, 0.15) is 11.5 Å². The number of amides is 2. The number of ether oxygens (including phenoxy) is 1. The van der Waals surface area contributed by atoms with E-state index >= 15 is 0 Å². The average molecular weight is 594 g/mol. The van der Waals surface area contributed by atoms with Crippen LogP contribution in [-0.2, 0) is 19.2 Å². The number of allylic oxidation sites excluding steroid dienone is 6. The van der Waals surface area contributed by atoms with Crippen molar-refractivity contribution in [1.82, 2.24) is 0 Å². The number of hydrogen-bond donors (Lipinski definition) is 1. The molecule has 1 aliphatic heterocycles. The van der Waals surface area contributed by atoms with Crippen molar-refractivity contribution in [3.8, 4) is 11.5 Å². The molecular formula is C30H21F3N2O8. The molecule has 13 heteroatoms. The van der Waals surface area contributed by atoms with Crippen molar-refractivity contribution in [2.45, 2.75) is 32.0 Å². The van der Waals surface area contributed by atoms with E-state index in [-0.39, 0.29) is 46.5 Å². The van der Waals surface area contributed by atoms with Gasteiger partial charge in [0.05, 0.1) is 22.4 Å². The minimum atomic E-state index is -5.04. The normalized spacial score (nSPS) is 25.2. The molecule has 2 aromatic carbocycles. The minimum absolute atomic E-state index is 0.00518. The van der Waals surface area contributed by atoms with E-state index < -0.39 is 69.8 Å². The molecule has 1 saturated heterocycles. The third kappa shape index (κ3) is 4.51. The highest BCUT2D eigenvalue weighted by Crippen LogP contribution is 2.56. The molecule has 4 aliphatic rings. The van der Waals surface area contributed by atoms with E-state index in [1.807, 2.05) is 0 Å². The zero-order valence-electron chi connectivity index (χ0n) is 22.3. The van der Waals surface area contributed by atoms with Gasteiger partial charge in [-0.3, -0.25) is 34.2 Å². The summed E-state index contributed by atoms with van der Waals surface area (Å²) in [5, 5.41) is 21.9. The number of fused-ring (bicyclic) bond motifs is 3. The van der Waals surface area contributed by atoms with Gasteiger partial charge in [0.25, 0.3) is 5.69 Å². The van der Waals surface area contributed by atoms with Gasteiger partial charge < -0.3 is 9.84 Å². The lowest BCUT2D eigenvalue weighted by atomic mass is 9.59. The predicted molar refractivity (Wildman–Crippen MR) is 142 cm³/mol. The summed E-state index contributed by atoms with van der Waals surface area (Å²) in [4.78, 5) is 65.5. The minimum Gasteiger partial charge on any atom is -0.508 e. The van der Waals surface area contributed by atoms with Crippen molar-refractivity contribution >= 4 is 34.8 Å². The van der Waals surface area contributed by atoms with Gasteiger partial charge in [0, 0.05) is 40.3 Å². The van der Waals surface area contributed by atoms with Gasteiger partial charge in [-0.05, 0) is 62.1 Å². The zero-order chi connectivity index (χ0) is 31.0. The molecule has 0 bridgehead atoms. The maximum Gasteiger partial charge on any atom is 0.573 e. The average Bonchev–Trinajstić information content (AvgIpc) is 3.20. The van der Waals surface area contributed by atoms with Gasteiger partial charge in [-0.1, -0.05) is 11.6 Å². The summed E-state index contributed by atoms with van der Waals surface area (Å²) in [6.07, 6.45) is -2.28. The Balaban J connectivity index is 1.47. The number of phenolic OH excluding ortho intramolecular Hbond substituents is 1. The molecule has 0 saturated carbocycles. The number of nitro benzene ring substituents is 1. The van der Waals surface area contributed by atoms with Crippen molar-refractivity contribution in [2.75, 3.05) is 4.90 Å². The topological polar surface area (TPSA) is 144 Å². The van der Waals surface area contributed by atoms with E-state index in [9.17, 15) is 47.6 Å². The summed E-state index contributed by atoms with van der Waals surface area (Å²) < 4.78 is 43.2. The van der Waals surface area contributed by atoms with E-state index in [0.717, 1.165) is 41.3 Å². The van der Waals surface area contributed by atoms with Gasteiger partial charge >= 0.3 is 6.36 Å². The molecule has 6 rings (SSSR count). The summed E-state index contributed by atoms with van der Waals surface area (Å²) >= 11 is 0. The highest BCUT2D eigenvalue weighted by Gasteiger charge is 2.57. The number of carbonyl (C=O) groups excluding carboxylic acids is 4. The molecule has 3 aliphatic carbocycles. The lowest BCUT2D eigenvalue weighted by Gasteiger charge is -2.42. The van der Waals surface area contributed by atoms with E-state index in [2.05, 4.69) is 4.74 Å². The van der Waals surface area contributed by atoms with E-state index in [4.69, 9.17) is 0 Å². The molecule has 220 valence electrons. The first-order valence-electron chi connectivity index (χ1n) is 13.2. The van der Waals surface area contributed by atoms with Gasteiger partial charge in [-0.2, -0.15) is 0 Å². The fourth-order valence-electron chi connectivity index (χ4n) is 6.66. The Hall–Kier alpha value is -5.07. The summed E-state index contributed by atoms with van der Waals surface area (Å²) in [6, 6.07) is 7.74. The highest BCUT2D eigenvalue weighted by atomic mass is 19.4. The van der Waals surface area contributed by atoms with Crippen LogP contribution in [0, 0.1) is 27.9 Å². The first-order valence-corrected chi connectivity index (χ1v) is 13.2. The van der Waals surface area contributed by atoms with Gasteiger partial charge in [0.15, 0.2) is 11.6 Å². The van der Waals surface area contributed by atoms with Crippen LogP contribution in [0.2, 0.25) is 0 Å². The van der Waals surface area contributed by atoms with Crippen LogP contribution in [0.15, 0.2) is 76.9 Å². The quantitative estimate of drug-likeness (QED) is 0.174. The smallest absolute Gasteiger partial charge is 0.508 e. The molecule has 1 N–H and O–H groups in total. The molecule has 43 heavy (non-hydrogen) atoms. The van der Waals surface area contributed by atoms with Gasteiger partial charge in [0.2, 0.25) is 11.8 Å². The van der Waals surface area contributed by atoms with Crippen LogP contribution in [0.4, 0.5) is 24.5 Å². The second-order valence-corrected chi connectivity index (χ2v) is 10.8. The van der Waals surface area contributed by atoms with Gasteiger partial charge in [-0.15, -0.1) is 13.2 Å². The number of nitrogens with zero attached hydrogens (tertiary/aromatic N) is 2. The molecule has 4 atom stereocenters. The van der Waals surface area contributed by atoms with Gasteiger partial charge in [-0.25, -0.2) is 0 Å². The molecule has 0 aromatic heterocycles. The zero-order valence-corrected chi connectivity index (χ0v) is 22.3. The van der Waals surface area contributed by atoms with E-state index in [1.165, 1.54) is 19.1 Å². The second kappa shape index (κ2) is 9.75. The monoisotopic (exact) mass is 594 g/mol. The van der Waals surface area contributed by atoms with Crippen LogP contribution in [0.3, 0.4) is 0 Å². The standard InChI is InChI=1S/C30H21F3N2O8/c1-13-10-23(37)21-12-19-17(24(26(21)27(13)38)20-11-16(6-9-22(20)36)43-30(31,32)33)7-8-18-25(19)29(40)34(28(18)39)14-2-4-15(5-3-14)35(41)42/h2-7,9-11,18-19,24-25,36H,8,12H2,1H3/t18-,19+,24+,25-/m0/s1. The highest BCUT2D eigenvalue weighted by molar-refractivity contribution is 6.25. The van der Waals surface area contributed by atoms with E-state index in [0.29, 0.717) is 5.57 Å². The van der Waals surface area contributed by atoms with Crippen LogP contribution >= 0.6 is 0 Å². The number of rotatable bonds is 4. The number of alkyl halides is 3. The molecule has 1 fully saturated rings. The van der Waals surface area contributed by atoms with Crippen LogP contribution in [-0.4, -0.2) is 39.8 Å². The van der Waals surface area contributed by atoms with Crippen LogP contribution in [0.25, 0.3) is 0 Å². The Morgan fingerprint density at radius 1 is 1.02 bits per heavy atom. The number of imide groups is 1. The molecule has 0 unspecified atom stereocenters. The molecule has 0 spiro atoms. The van der Waals surface area contributed by atoms with Crippen LogP contribution < -0.4 is 9.64 Å². The van der Waals surface area contributed by atoms with Crippen molar-refractivity contribution in [3.63, 3.8) is 0 Å². The van der Waals surface area contributed by atoms with Crippen molar-refractivity contribution in [2.24, 2.45) is 17.8 Å².